The van der Waals surface area contributed by atoms with E-state index in [0.29, 0.717) is 5.39 Å². The Labute approximate surface area is 173 Å². The Balaban J connectivity index is 1.56. The molecule has 0 aliphatic carbocycles. The van der Waals surface area contributed by atoms with Gasteiger partial charge in [0.25, 0.3) is 0 Å². The number of fused-ring (bicyclic) bond motifs is 1. The highest BCUT2D eigenvalue weighted by Crippen LogP contribution is 2.33. The first kappa shape index (κ1) is 19.0. The van der Waals surface area contributed by atoms with Gasteiger partial charge in [-0.1, -0.05) is 53.7 Å². The fraction of sp³-hybridized carbons (Fsp3) is 0.0833. The summed E-state index contributed by atoms with van der Waals surface area (Å²) < 4.78 is 1.80. The van der Waals surface area contributed by atoms with E-state index in [0.717, 1.165) is 26.6 Å². The minimum absolute atomic E-state index is 0.0371. The molecule has 0 spiro atoms. The van der Waals surface area contributed by atoms with Gasteiger partial charge in [0, 0.05) is 27.4 Å². The van der Waals surface area contributed by atoms with Gasteiger partial charge in [-0.25, -0.2) is 0 Å². The Bertz CT molecular complexity index is 1230. The summed E-state index contributed by atoms with van der Waals surface area (Å²) in [5.41, 5.74) is 2.51. The Hall–Kier alpha value is -3.31. The number of hydrogen-bond acceptors (Lipinski definition) is 3. The van der Waals surface area contributed by atoms with E-state index in [4.69, 9.17) is 0 Å². The summed E-state index contributed by atoms with van der Waals surface area (Å²) >= 11 is 1.61. The molecule has 0 saturated carbocycles. The third-order valence-electron chi connectivity index (χ3n) is 4.58. The molecule has 0 radical (unpaired) electrons. The lowest BCUT2D eigenvalue weighted by molar-refractivity contribution is -0.116. The SMILES string of the molecule is Cc1ccc2c(c1)c(=O)ccn2CC(=O)Nc1ccccc1Sc1ccccc1. The zero-order valence-electron chi connectivity index (χ0n) is 16.0. The van der Waals surface area contributed by atoms with E-state index in [2.05, 4.69) is 5.32 Å². The van der Waals surface area contributed by atoms with Gasteiger partial charge in [0.05, 0.1) is 11.2 Å². The van der Waals surface area contributed by atoms with Gasteiger partial charge in [0.1, 0.15) is 6.54 Å². The van der Waals surface area contributed by atoms with Crippen molar-refractivity contribution < 1.29 is 4.79 Å². The molecule has 1 amide bonds. The van der Waals surface area contributed by atoms with Gasteiger partial charge in [-0.05, 0) is 43.3 Å². The molecule has 1 N–H and O–H groups in total. The molecule has 0 fully saturated rings. The number of aryl methyl sites for hydroxylation is 1. The predicted molar refractivity (Wildman–Crippen MR) is 119 cm³/mol. The van der Waals surface area contributed by atoms with Gasteiger partial charge in [-0.2, -0.15) is 0 Å². The molecular formula is C24H20N2O2S. The molecule has 144 valence electrons. The van der Waals surface area contributed by atoms with Crippen LogP contribution in [0.3, 0.4) is 0 Å². The van der Waals surface area contributed by atoms with Crippen molar-refractivity contribution in [3.63, 3.8) is 0 Å². The number of pyridine rings is 1. The topological polar surface area (TPSA) is 51.1 Å². The summed E-state index contributed by atoms with van der Waals surface area (Å²) in [7, 11) is 0. The molecule has 29 heavy (non-hydrogen) atoms. The third-order valence-corrected chi connectivity index (χ3v) is 5.66. The highest BCUT2D eigenvalue weighted by molar-refractivity contribution is 7.99. The van der Waals surface area contributed by atoms with Crippen molar-refractivity contribution in [2.75, 3.05) is 5.32 Å². The normalized spacial score (nSPS) is 10.8. The molecule has 1 aromatic heterocycles. The Morgan fingerprint density at radius 1 is 0.966 bits per heavy atom. The number of hydrogen-bond donors (Lipinski definition) is 1. The Kier molecular flexibility index (Phi) is 5.49. The predicted octanol–water partition coefficient (Wildman–Crippen LogP) is 5.10. The molecule has 4 rings (SSSR count). The van der Waals surface area contributed by atoms with Gasteiger partial charge in [-0.3, -0.25) is 9.59 Å². The number of anilines is 1. The van der Waals surface area contributed by atoms with Crippen LogP contribution >= 0.6 is 11.8 Å². The quantitative estimate of drug-likeness (QED) is 0.507. The molecule has 0 bridgehead atoms. The van der Waals surface area contributed by atoms with Crippen LogP contribution < -0.4 is 10.7 Å². The number of nitrogens with one attached hydrogen (secondary N) is 1. The second kappa shape index (κ2) is 8.37. The molecular weight excluding hydrogens is 380 g/mol. The minimum Gasteiger partial charge on any atom is -0.338 e. The first-order chi connectivity index (χ1) is 14.1. The number of carbonyl (C=O) groups is 1. The smallest absolute Gasteiger partial charge is 0.244 e. The largest absolute Gasteiger partial charge is 0.338 e. The van der Waals surface area contributed by atoms with Crippen molar-refractivity contribution in [1.29, 1.82) is 0 Å². The van der Waals surface area contributed by atoms with E-state index in [-0.39, 0.29) is 17.9 Å². The molecule has 0 saturated heterocycles. The Morgan fingerprint density at radius 3 is 2.55 bits per heavy atom. The van der Waals surface area contributed by atoms with Crippen LogP contribution in [0.25, 0.3) is 10.9 Å². The maximum atomic E-state index is 12.8. The summed E-state index contributed by atoms with van der Waals surface area (Å²) in [5.74, 6) is -0.142. The summed E-state index contributed by atoms with van der Waals surface area (Å²) in [6.45, 7) is 2.08. The average Bonchev–Trinajstić information content (AvgIpc) is 2.72. The molecule has 3 aromatic carbocycles. The van der Waals surface area contributed by atoms with Gasteiger partial charge in [0.2, 0.25) is 5.91 Å². The van der Waals surface area contributed by atoms with E-state index in [1.165, 1.54) is 6.07 Å². The Morgan fingerprint density at radius 2 is 1.72 bits per heavy atom. The highest BCUT2D eigenvalue weighted by atomic mass is 32.2. The van der Waals surface area contributed by atoms with Crippen molar-refractivity contribution in [3.8, 4) is 0 Å². The van der Waals surface area contributed by atoms with Crippen molar-refractivity contribution in [3.05, 3.63) is 101 Å². The van der Waals surface area contributed by atoms with Crippen molar-refractivity contribution in [2.45, 2.75) is 23.3 Å². The molecule has 1 heterocycles. The van der Waals surface area contributed by atoms with Crippen LogP contribution in [0.15, 0.2) is 99.6 Å². The fourth-order valence-corrected chi connectivity index (χ4v) is 4.10. The maximum Gasteiger partial charge on any atom is 0.244 e. The van der Waals surface area contributed by atoms with Crippen LogP contribution in [0.5, 0.6) is 0 Å². The van der Waals surface area contributed by atoms with E-state index < -0.39 is 0 Å². The molecule has 4 aromatic rings. The second-order valence-electron chi connectivity index (χ2n) is 6.79. The van der Waals surface area contributed by atoms with Crippen LogP contribution in [-0.4, -0.2) is 10.5 Å². The maximum absolute atomic E-state index is 12.8. The summed E-state index contributed by atoms with van der Waals surface area (Å²) in [5, 5.41) is 3.64. The van der Waals surface area contributed by atoms with Crippen LogP contribution in [-0.2, 0) is 11.3 Å². The zero-order chi connectivity index (χ0) is 20.2. The van der Waals surface area contributed by atoms with E-state index >= 15 is 0 Å². The lowest BCUT2D eigenvalue weighted by atomic mass is 10.1. The number of carbonyl (C=O) groups excluding carboxylic acids is 1. The van der Waals surface area contributed by atoms with Crippen LogP contribution in [0, 0.1) is 6.92 Å². The number of aromatic nitrogens is 1. The third kappa shape index (κ3) is 4.41. The summed E-state index contributed by atoms with van der Waals surface area (Å²) in [6, 6.07) is 25.0. The molecule has 0 aliphatic heterocycles. The lowest BCUT2D eigenvalue weighted by Crippen LogP contribution is -2.20. The van der Waals surface area contributed by atoms with E-state index in [9.17, 15) is 9.59 Å². The van der Waals surface area contributed by atoms with Crippen LogP contribution in [0.4, 0.5) is 5.69 Å². The van der Waals surface area contributed by atoms with E-state index in [1.807, 2.05) is 79.7 Å². The molecule has 4 nitrogen and oxygen atoms in total. The first-order valence-electron chi connectivity index (χ1n) is 9.32. The monoisotopic (exact) mass is 400 g/mol. The summed E-state index contributed by atoms with van der Waals surface area (Å²) in [4.78, 5) is 27.0. The zero-order valence-corrected chi connectivity index (χ0v) is 16.8. The number of benzene rings is 3. The number of amides is 1. The van der Waals surface area contributed by atoms with Crippen molar-refractivity contribution >= 4 is 34.3 Å². The van der Waals surface area contributed by atoms with Crippen LogP contribution in [0.1, 0.15) is 5.56 Å². The van der Waals surface area contributed by atoms with Gasteiger partial charge in [0.15, 0.2) is 5.43 Å². The highest BCUT2D eigenvalue weighted by Gasteiger charge is 2.10. The fourth-order valence-electron chi connectivity index (χ4n) is 3.18. The average molecular weight is 401 g/mol. The van der Waals surface area contributed by atoms with Gasteiger partial charge >= 0.3 is 0 Å². The molecule has 0 unspecified atom stereocenters. The first-order valence-corrected chi connectivity index (χ1v) is 10.1. The molecule has 5 heteroatoms. The summed E-state index contributed by atoms with van der Waals surface area (Å²) in [6.07, 6.45) is 1.67. The van der Waals surface area contributed by atoms with Gasteiger partial charge < -0.3 is 9.88 Å². The minimum atomic E-state index is -0.142. The van der Waals surface area contributed by atoms with E-state index in [1.54, 1.807) is 22.5 Å². The number of para-hydroxylation sites is 1. The van der Waals surface area contributed by atoms with Crippen molar-refractivity contribution in [1.82, 2.24) is 4.57 Å². The van der Waals surface area contributed by atoms with Gasteiger partial charge in [-0.15, -0.1) is 0 Å². The molecule has 0 atom stereocenters. The van der Waals surface area contributed by atoms with Crippen LogP contribution in [0.2, 0.25) is 0 Å². The molecule has 0 aliphatic rings. The van der Waals surface area contributed by atoms with Crippen molar-refractivity contribution in [2.24, 2.45) is 0 Å². The lowest BCUT2D eigenvalue weighted by Gasteiger charge is -2.13. The number of nitrogens with zero attached hydrogens (tertiary/aromatic N) is 1. The standard InChI is InChI=1S/C24H20N2O2S/c1-17-11-12-21-19(15-17)22(27)13-14-26(21)16-24(28)25-20-9-5-6-10-23(20)29-18-7-3-2-4-8-18/h2-15H,16H2,1H3,(H,25,28). The second-order valence-corrected chi connectivity index (χ2v) is 7.90. The number of rotatable bonds is 5.